The van der Waals surface area contributed by atoms with Crippen LogP contribution in [0, 0.1) is 12.8 Å². The van der Waals surface area contributed by atoms with Crippen LogP contribution in [0.2, 0.25) is 0 Å². The number of hydrogen-bond donors (Lipinski definition) is 1. The van der Waals surface area contributed by atoms with E-state index in [0.29, 0.717) is 12.1 Å². The Hall–Kier alpha value is -1.80. The highest BCUT2D eigenvalue weighted by Crippen LogP contribution is 2.47. The lowest BCUT2D eigenvalue weighted by Crippen LogP contribution is -3.00. The average Bonchev–Trinajstić information content (AvgIpc) is 3.18. The van der Waals surface area contributed by atoms with Crippen molar-refractivity contribution in [2.75, 3.05) is 6.61 Å². The van der Waals surface area contributed by atoms with E-state index in [-0.39, 0.29) is 36.4 Å². The van der Waals surface area contributed by atoms with Gasteiger partial charge in [0.2, 0.25) is 5.92 Å². The van der Waals surface area contributed by atoms with Crippen LogP contribution in [0.5, 0.6) is 0 Å². The van der Waals surface area contributed by atoms with Crippen LogP contribution in [0.25, 0.3) is 0 Å². The molecule has 154 valence electrons. The zero-order valence-electron chi connectivity index (χ0n) is 15.9. The van der Waals surface area contributed by atoms with Gasteiger partial charge in [-0.3, -0.25) is 0 Å². The number of carbonyl (C=O) groups excluding carboxylic acids is 1. The minimum absolute atomic E-state index is 0. The SMILES string of the molecule is Cc1n(CCOC(=O)[C@](O)(c2ccccc2)[C@@H]2CCC(F)(F)C2)cc[n+]1C.[Br-]. The van der Waals surface area contributed by atoms with Gasteiger partial charge in [-0.15, -0.1) is 0 Å². The third-order valence-corrected chi connectivity index (χ3v) is 5.48. The van der Waals surface area contributed by atoms with Gasteiger partial charge < -0.3 is 26.8 Å². The maximum atomic E-state index is 13.8. The van der Waals surface area contributed by atoms with Crippen molar-refractivity contribution < 1.29 is 45.0 Å². The number of alkyl halides is 2. The maximum absolute atomic E-state index is 13.8. The minimum atomic E-state index is -2.87. The summed E-state index contributed by atoms with van der Waals surface area (Å²) < 4.78 is 36.7. The molecule has 8 heteroatoms. The molecule has 1 aliphatic rings. The van der Waals surface area contributed by atoms with Crippen LogP contribution >= 0.6 is 0 Å². The molecule has 1 N–H and O–H groups in total. The molecule has 2 atom stereocenters. The number of nitrogens with zero attached hydrogens (tertiary/aromatic N) is 2. The van der Waals surface area contributed by atoms with Crippen molar-refractivity contribution in [3.05, 3.63) is 54.1 Å². The highest BCUT2D eigenvalue weighted by Gasteiger charge is 2.54. The van der Waals surface area contributed by atoms with Gasteiger partial charge in [-0.05, 0) is 12.0 Å². The Labute approximate surface area is 173 Å². The number of aliphatic hydroxyl groups is 1. The molecule has 3 rings (SSSR count). The Morgan fingerprint density at radius 2 is 2.07 bits per heavy atom. The topological polar surface area (TPSA) is 55.3 Å². The standard InChI is InChI=1S/C20H25F2N2O3.BrH/c1-15-23(2)10-11-24(15)12-13-27-18(25)20(26,16-6-4-3-5-7-16)17-8-9-19(21,22)14-17;/h3-7,10-11,17,26H,8-9,12-14H2,1-2H3;1H/q+1;/p-1/t17-,20+;/m1./s1. The molecule has 1 saturated carbocycles. The summed E-state index contributed by atoms with van der Waals surface area (Å²) in [7, 11) is 1.91. The van der Waals surface area contributed by atoms with Crippen molar-refractivity contribution in [1.29, 1.82) is 0 Å². The van der Waals surface area contributed by atoms with Gasteiger partial charge in [0.1, 0.15) is 25.5 Å². The summed E-state index contributed by atoms with van der Waals surface area (Å²) in [6, 6.07) is 8.24. The molecule has 1 aromatic carbocycles. The van der Waals surface area contributed by atoms with Crippen LogP contribution in [0.3, 0.4) is 0 Å². The van der Waals surface area contributed by atoms with E-state index >= 15 is 0 Å². The number of benzene rings is 1. The van der Waals surface area contributed by atoms with Crippen molar-refractivity contribution in [1.82, 2.24) is 4.57 Å². The van der Waals surface area contributed by atoms with Gasteiger partial charge in [0.25, 0.3) is 5.82 Å². The monoisotopic (exact) mass is 458 g/mol. The average molecular weight is 459 g/mol. The molecule has 0 radical (unpaired) electrons. The molecule has 0 unspecified atom stereocenters. The van der Waals surface area contributed by atoms with Crippen LogP contribution in [-0.2, 0) is 28.7 Å². The van der Waals surface area contributed by atoms with E-state index < -0.39 is 29.8 Å². The van der Waals surface area contributed by atoms with E-state index in [4.69, 9.17) is 4.74 Å². The molecule has 1 aromatic heterocycles. The predicted molar refractivity (Wildman–Crippen MR) is 93.9 cm³/mol. The Morgan fingerprint density at radius 3 is 2.61 bits per heavy atom. The highest BCUT2D eigenvalue weighted by molar-refractivity contribution is 5.81. The number of hydrogen-bond acceptors (Lipinski definition) is 3. The third-order valence-electron chi connectivity index (χ3n) is 5.48. The van der Waals surface area contributed by atoms with E-state index in [1.807, 2.05) is 35.5 Å². The van der Waals surface area contributed by atoms with Crippen LogP contribution in [0.4, 0.5) is 8.78 Å². The smallest absolute Gasteiger partial charge is 0.343 e. The number of aromatic nitrogens is 2. The predicted octanol–water partition coefficient (Wildman–Crippen LogP) is -0.509. The van der Waals surface area contributed by atoms with Gasteiger partial charge in [0, 0.05) is 25.7 Å². The third kappa shape index (κ3) is 4.43. The first-order chi connectivity index (χ1) is 12.7. The summed E-state index contributed by atoms with van der Waals surface area (Å²) in [6.07, 6.45) is 2.96. The second kappa shape index (κ2) is 8.69. The van der Waals surface area contributed by atoms with E-state index in [9.17, 15) is 18.7 Å². The van der Waals surface area contributed by atoms with Crippen molar-refractivity contribution in [2.45, 2.75) is 44.3 Å². The highest BCUT2D eigenvalue weighted by atomic mass is 79.9. The summed E-state index contributed by atoms with van der Waals surface area (Å²) in [6.45, 7) is 2.40. The fraction of sp³-hybridized carbons (Fsp3) is 0.500. The minimum Gasteiger partial charge on any atom is -1.00 e. The van der Waals surface area contributed by atoms with Crippen molar-refractivity contribution >= 4 is 5.97 Å². The van der Waals surface area contributed by atoms with Crippen molar-refractivity contribution in [2.24, 2.45) is 13.0 Å². The molecular formula is C20H25BrF2N2O3. The molecule has 0 saturated heterocycles. The molecular weight excluding hydrogens is 434 g/mol. The number of aryl methyl sites for hydroxylation is 1. The fourth-order valence-corrected chi connectivity index (χ4v) is 3.70. The van der Waals surface area contributed by atoms with Gasteiger partial charge in [-0.25, -0.2) is 22.7 Å². The van der Waals surface area contributed by atoms with E-state index in [1.54, 1.807) is 30.3 Å². The second-order valence-corrected chi connectivity index (χ2v) is 7.21. The van der Waals surface area contributed by atoms with Crippen LogP contribution in [-0.4, -0.2) is 28.2 Å². The number of halogens is 3. The summed E-state index contributed by atoms with van der Waals surface area (Å²) in [4.78, 5) is 12.8. The zero-order chi connectivity index (χ0) is 19.7. The van der Waals surface area contributed by atoms with Crippen LogP contribution in [0.15, 0.2) is 42.7 Å². The normalized spacial score (nSPS) is 20.2. The zero-order valence-corrected chi connectivity index (χ0v) is 17.5. The molecule has 1 heterocycles. The quantitative estimate of drug-likeness (QED) is 0.468. The lowest BCUT2D eigenvalue weighted by molar-refractivity contribution is -0.677. The van der Waals surface area contributed by atoms with Gasteiger partial charge in [0.05, 0.1) is 7.05 Å². The molecule has 0 bridgehead atoms. The summed E-state index contributed by atoms with van der Waals surface area (Å²) in [5.41, 5.74) is -1.78. The molecule has 28 heavy (non-hydrogen) atoms. The molecule has 0 amide bonds. The number of carbonyl (C=O) groups is 1. The van der Waals surface area contributed by atoms with E-state index in [0.717, 1.165) is 5.82 Å². The Bertz CT molecular complexity index is 813. The molecule has 2 aromatic rings. The Balaban J connectivity index is 0.00000280. The first kappa shape index (κ1) is 22.5. The van der Waals surface area contributed by atoms with Gasteiger partial charge >= 0.3 is 5.97 Å². The Kier molecular flexibility index (Phi) is 6.98. The largest absolute Gasteiger partial charge is 1.00 e. The van der Waals surface area contributed by atoms with E-state index in [1.165, 1.54) is 0 Å². The molecule has 0 spiro atoms. The number of ether oxygens (including phenoxy) is 1. The lowest BCUT2D eigenvalue weighted by Gasteiger charge is -2.32. The van der Waals surface area contributed by atoms with Crippen molar-refractivity contribution in [3.63, 3.8) is 0 Å². The van der Waals surface area contributed by atoms with Gasteiger partial charge in [-0.1, -0.05) is 30.3 Å². The van der Waals surface area contributed by atoms with Crippen LogP contribution in [0.1, 0.15) is 30.7 Å². The first-order valence-corrected chi connectivity index (χ1v) is 9.08. The summed E-state index contributed by atoms with van der Waals surface area (Å²) >= 11 is 0. The number of rotatable bonds is 6. The lowest BCUT2D eigenvalue weighted by atomic mass is 9.80. The molecule has 0 aliphatic heterocycles. The van der Waals surface area contributed by atoms with Gasteiger partial charge in [-0.2, -0.15) is 0 Å². The molecule has 5 nitrogen and oxygen atoms in total. The summed E-state index contributed by atoms with van der Waals surface area (Å²) in [5.74, 6) is -3.64. The fourth-order valence-electron chi connectivity index (χ4n) is 3.70. The summed E-state index contributed by atoms with van der Waals surface area (Å²) in [5, 5.41) is 11.2. The van der Waals surface area contributed by atoms with Gasteiger partial charge in [0.15, 0.2) is 5.60 Å². The Morgan fingerprint density at radius 1 is 1.39 bits per heavy atom. The van der Waals surface area contributed by atoms with E-state index in [2.05, 4.69) is 0 Å². The molecule has 1 fully saturated rings. The number of esters is 1. The number of imidazole rings is 1. The van der Waals surface area contributed by atoms with Crippen LogP contribution < -0.4 is 21.5 Å². The second-order valence-electron chi connectivity index (χ2n) is 7.21. The maximum Gasteiger partial charge on any atom is 0.343 e. The first-order valence-electron chi connectivity index (χ1n) is 9.08. The van der Waals surface area contributed by atoms with Crippen molar-refractivity contribution in [3.8, 4) is 0 Å². The molecule has 1 aliphatic carbocycles.